The van der Waals surface area contributed by atoms with E-state index in [-0.39, 0.29) is 23.8 Å². The van der Waals surface area contributed by atoms with Gasteiger partial charge in [0.15, 0.2) is 0 Å². The van der Waals surface area contributed by atoms with Gasteiger partial charge < -0.3 is 15.1 Å². The predicted octanol–water partition coefficient (Wildman–Crippen LogP) is 4.13. The molecule has 3 aromatic rings. The highest BCUT2D eigenvalue weighted by Gasteiger charge is 2.27. The van der Waals surface area contributed by atoms with Crippen LogP contribution in [0.3, 0.4) is 0 Å². The summed E-state index contributed by atoms with van der Waals surface area (Å²) in [4.78, 5) is 25.6. The van der Waals surface area contributed by atoms with Crippen LogP contribution in [0.1, 0.15) is 42.2 Å². The fourth-order valence-corrected chi connectivity index (χ4v) is 3.37. The lowest BCUT2D eigenvalue weighted by Crippen LogP contribution is -2.50. The fraction of sp³-hybridized carbons (Fsp3) is 0.300. The van der Waals surface area contributed by atoms with E-state index >= 15 is 0 Å². The summed E-state index contributed by atoms with van der Waals surface area (Å²) in [5.74, 6) is 0.191. The summed E-state index contributed by atoms with van der Waals surface area (Å²) in [5.41, 5.74) is 0.787. The minimum Gasteiger partial charge on any atom is -0.459 e. The minimum absolute atomic E-state index is 0.0400. The lowest BCUT2D eigenvalue weighted by atomic mass is 10.0. The van der Waals surface area contributed by atoms with Crippen LogP contribution < -0.4 is 10.6 Å². The van der Waals surface area contributed by atoms with E-state index in [9.17, 15) is 9.59 Å². The molecule has 2 aromatic heterocycles. The summed E-state index contributed by atoms with van der Waals surface area (Å²) < 4.78 is 5.81. The van der Waals surface area contributed by atoms with Crippen molar-refractivity contribution in [1.82, 2.24) is 10.6 Å². The first kappa shape index (κ1) is 18.2. The van der Waals surface area contributed by atoms with Crippen LogP contribution in [0.5, 0.6) is 0 Å². The molecule has 2 heterocycles. The van der Waals surface area contributed by atoms with E-state index in [1.807, 2.05) is 62.5 Å². The van der Waals surface area contributed by atoms with Gasteiger partial charge in [0.1, 0.15) is 17.4 Å². The van der Waals surface area contributed by atoms with Crippen LogP contribution >= 0.6 is 11.3 Å². The molecule has 1 aromatic carbocycles. The summed E-state index contributed by atoms with van der Waals surface area (Å²) in [6.45, 7) is 5.68. The number of benzene rings is 1. The molecule has 0 aliphatic rings. The molecule has 0 saturated heterocycles. The normalized spacial score (nSPS) is 13.5. The van der Waals surface area contributed by atoms with Gasteiger partial charge in [-0.05, 0) is 36.4 Å². The maximum absolute atomic E-state index is 12.7. The zero-order valence-electron chi connectivity index (χ0n) is 15.0. The summed E-state index contributed by atoms with van der Waals surface area (Å²) >= 11 is 1.35. The molecule has 2 N–H and O–H groups in total. The van der Waals surface area contributed by atoms with E-state index in [1.54, 1.807) is 6.07 Å². The highest BCUT2D eigenvalue weighted by Crippen LogP contribution is 2.23. The average Bonchev–Trinajstić information content (AvgIpc) is 3.28. The summed E-state index contributed by atoms with van der Waals surface area (Å²) in [7, 11) is 0. The largest absolute Gasteiger partial charge is 0.459 e. The zero-order valence-corrected chi connectivity index (χ0v) is 15.8. The number of carbonyl (C=O) groups excluding carboxylic acids is 2. The Labute approximate surface area is 156 Å². The molecule has 5 nitrogen and oxygen atoms in total. The molecule has 0 aliphatic heterocycles. The topological polar surface area (TPSA) is 71.3 Å². The first-order chi connectivity index (χ1) is 12.5. The highest BCUT2D eigenvalue weighted by molar-refractivity contribution is 7.12. The highest BCUT2D eigenvalue weighted by atomic mass is 32.1. The third-order valence-corrected chi connectivity index (χ3v) is 5.08. The van der Waals surface area contributed by atoms with E-state index in [2.05, 4.69) is 10.6 Å². The van der Waals surface area contributed by atoms with E-state index in [0.29, 0.717) is 10.6 Å². The molecular weight excluding hydrogens is 348 g/mol. The quantitative estimate of drug-likeness (QED) is 0.685. The van der Waals surface area contributed by atoms with Crippen molar-refractivity contribution in [2.24, 2.45) is 5.92 Å². The number of hydrogen-bond acceptors (Lipinski definition) is 4. The van der Waals surface area contributed by atoms with Gasteiger partial charge in [0.05, 0.1) is 10.9 Å². The first-order valence-corrected chi connectivity index (χ1v) is 9.47. The molecule has 2 amide bonds. The number of fused-ring (bicyclic) bond motifs is 1. The Morgan fingerprint density at radius 2 is 1.81 bits per heavy atom. The van der Waals surface area contributed by atoms with Crippen molar-refractivity contribution in [2.45, 2.75) is 32.9 Å². The van der Waals surface area contributed by atoms with Crippen molar-refractivity contribution in [1.29, 1.82) is 0 Å². The average molecular weight is 370 g/mol. The van der Waals surface area contributed by atoms with Gasteiger partial charge >= 0.3 is 0 Å². The van der Waals surface area contributed by atoms with Gasteiger partial charge in [-0.15, -0.1) is 11.3 Å². The molecule has 136 valence electrons. The second kappa shape index (κ2) is 7.74. The van der Waals surface area contributed by atoms with Crippen LogP contribution in [0.2, 0.25) is 0 Å². The van der Waals surface area contributed by atoms with Crippen LogP contribution in [0.4, 0.5) is 0 Å². The molecule has 2 atom stereocenters. The summed E-state index contributed by atoms with van der Waals surface area (Å²) in [5, 5.41) is 8.61. The monoisotopic (exact) mass is 370 g/mol. The predicted molar refractivity (Wildman–Crippen MR) is 103 cm³/mol. The minimum atomic E-state index is -0.614. The van der Waals surface area contributed by atoms with Crippen molar-refractivity contribution < 1.29 is 14.0 Å². The van der Waals surface area contributed by atoms with Crippen LogP contribution in [-0.2, 0) is 4.79 Å². The summed E-state index contributed by atoms with van der Waals surface area (Å²) in [6, 6.07) is 12.3. The van der Waals surface area contributed by atoms with Crippen molar-refractivity contribution in [3.05, 3.63) is 58.5 Å². The standard InChI is InChI=1S/C20H22N2O3S/c1-12(2)18(22-19(23)17-9-6-10-26-17)20(24)21-13(3)16-11-14-7-4-5-8-15(14)25-16/h4-13,18H,1-3H3,(H,21,24)(H,22,23)/t13-,18-/m0/s1. The number of amides is 2. The first-order valence-electron chi connectivity index (χ1n) is 8.59. The van der Waals surface area contributed by atoms with Crippen molar-refractivity contribution in [2.75, 3.05) is 0 Å². The molecular formula is C20H22N2O3S. The smallest absolute Gasteiger partial charge is 0.262 e. The molecule has 0 spiro atoms. The van der Waals surface area contributed by atoms with Crippen LogP contribution in [-0.4, -0.2) is 17.9 Å². The van der Waals surface area contributed by atoms with Crippen molar-refractivity contribution in [3.8, 4) is 0 Å². The summed E-state index contributed by atoms with van der Waals surface area (Å²) in [6.07, 6.45) is 0. The number of carbonyl (C=O) groups is 2. The lowest BCUT2D eigenvalue weighted by molar-refractivity contribution is -0.124. The van der Waals surface area contributed by atoms with E-state index in [4.69, 9.17) is 4.42 Å². The molecule has 0 aliphatic carbocycles. The van der Waals surface area contributed by atoms with Gasteiger partial charge in [-0.25, -0.2) is 0 Å². The molecule has 26 heavy (non-hydrogen) atoms. The lowest BCUT2D eigenvalue weighted by Gasteiger charge is -2.23. The SMILES string of the molecule is CC(C)[C@H](NC(=O)c1cccs1)C(=O)N[C@@H](C)c1cc2ccccc2o1. The number of furan rings is 1. The second-order valence-corrected chi connectivity index (χ2v) is 7.54. The number of thiophene rings is 1. The molecule has 0 unspecified atom stereocenters. The zero-order chi connectivity index (χ0) is 18.7. The van der Waals surface area contributed by atoms with Crippen LogP contribution in [0.15, 0.2) is 52.3 Å². The molecule has 0 bridgehead atoms. The Kier molecular flexibility index (Phi) is 5.42. The fourth-order valence-electron chi connectivity index (χ4n) is 2.75. The Bertz CT molecular complexity index is 866. The number of hydrogen-bond donors (Lipinski definition) is 2. The molecule has 0 fully saturated rings. The van der Waals surface area contributed by atoms with Gasteiger partial charge in [0, 0.05) is 5.39 Å². The Hall–Kier alpha value is -2.60. The van der Waals surface area contributed by atoms with Gasteiger partial charge in [0.25, 0.3) is 5.91 Å². The van der Waals surface area contributed by atoms with Gasteiger partial charge in [-0.3, -0.25) is 9.59 Å². The third kappa shape index (κ3) is 3.96. The van der Waals surface area contributed by atoms with Crippen molar-refractivity contribution >= 4 is 34.1 Å². The van der Waals surface area contributed by atoms with Gasteiger partial charge in [-0.2, -0.15) is 0 Å². The number of para-hydroxylation sites is 1. The number of nitrogens with one attached hydrogen (secondary N) is 2. The van der Waals surface area contributed by atoms with E-state index in [0.717, 1.165) is 11.0 Å². The molecule has 0 saturated carbocycles. The third-order valence-electron chi connectivity index (χ3n) is 4.21. The van der Waals surface area contributed by atoms with E-state index < -0.39 is 6.04 Å². The Morgan fingerprint density at radius 3 is 2.46 bits per heavy atom. The van der Waals surface area contributed by atoms with Gasteiger partial charge in [-0.1, -0.05) is 38.1 Å². The molecule has 3 rings (SSSR count). The molecule has 0 radical (unpaired) electrons. The van der Waals surface area contributed by atoms with Crippen molar-refractivity contribution in [3.63, 3.8) is 0 Å². The van der Waals surface area contributed by atoms with Gasteiger partial charge in [0.2, 0.25) is 5.91 Å². The molecule has 6 heteroatoms. The Balaban J connectivity index is 1.69. The maximum Gasteiger partial charge on any atom is 0.262 e. The second-order valence-electron chi connectivity index (χ2n) is 6.59. The van der Waals surface area contributed by atoms with Crippen LogP contribution in [0, 0.1) is 5.92 Å². The maximum atomic E-state index is 12.7. The number of rotatable bonds is 6. The van der Waals surface area contributed by atoms with Crippen LogP contribution in [0.25, 0.3) is 11.0 Å². The Morgan fingerprint density at radius 1 is 1.04 bits per heavy atom. The van der Waals surface area contributed by atoms with E-state index in [1.165, 1.54) is 11.3 Å².